The second-order valence-corrected chi connectivity index (χ2v) is 4.83. The molecule has 2 aromatic carbocycles. The largest absolute Gasteiger partial charge is 0.508 e. The summed E-state index contributed by atoms with van der Waals surface area (Å²) in [5, 5.41) is 12.9. The van der Waals surface area contributed by atoms with Crippen LogP contribution in [0.5, 0.6) is 0 Å². The summed E-state index contributed by atoms with van der Waals surface area (Å²) in [6.07, 6.45) is 1.64. The number of fused-ring (bicyclic) bond motifs is 1. The number of para-hydroxylation sites is 2. The van der Waals surface area contributed by atoms with Crippen LogP contribution in [0, 0.1) is 0 Å². The lowest BCUT2D eigenvalue weighted by molar-refractivity contribution is 0.511. The fourth-order valence-electron chi connectivity index (χ4n) is 2.17. The summed E-state index contributed by atoms with van der Waals surface area (Å²) in [6.45, 7) is 1.78. The summed E-state index contributed by atoms with van der Waals surface area (Å²) in [5.41, 5.74) is 8.99. The van der Waals surface area contributed by atoms with Crippen molar-refractivity contribution in [3.63, 3.8) is 0 Å². The number of hydrogen-bond donors (Lipinski definition) is 3. The van der Waals surface area contributed by atoms with E-state index in [0.717, 1.165) is 22.3 Å². The molecule has 0 atom stereocenters. The molecule has 0 aliphatic carbocycles. The number of nitrogens with two attached hydrogens (primary N) is 1. The molecule has 0 saturated carbocycles. The Morgan fingerprint density at radius 2 is 1.82 bits per heavy atom. The van der Waals surface area contributed by atoms with Crippen LogP contribution in [-0.2, 0) is 0 Å². The first-order valence-electron chi connectivity index (χ1n) is 6.92. The van der Waals surface area contributed by atoms with Crippen molar-refractivity contribution in [3.8, 4) is 0 Å². The summed E-state index contributed by atoms with van der Waals surface area (Å²) >= 11 is 0. The first kappa shape index (κ1) is 13.9. The molecule has 0 fully saturated rings. The standard InChI is InChI=1S/C17H16N4O/c1-2-15(22)11-6-5-7-12(10-11)19-17-16(18)20-13-8-3-4-9-14(13)21-17/h2-10,22H,1H3,(H2,18,20)(H,19,21)/b15-2+. The zero-order valence-corrected chi connectivity index (χ0v) is 12.1. The summed E-state index contributed by atoms with van der Waals surface area (Å²) in [4.78, 5) is 8.83. The maximum Gasteiger partial charge on any atom is 0.174 e. The third kappa shape index (κ3) is 2.69. The van der Waals surface area contributed by atoms with Crippen molar-refractivity contribution in [2.45, 2.75) is 6.92 Å². The van der Waals surface area contributed by atoms with Gasteiger partial charge in [0.1, 0.15) is 5.76 Å². The summed E-state index contributed by atoms with van der Waals surface area (Å²) in [5.74, 6) is 1.05. The third-order valence-electron chi connectivity index (χ3n) is 3.29. The van der Waals surface area contributed by atoms with E-state index in [9.17, 15) is 5.11 Å². The molecule has 1 aromatic heterocycles. The van der Waals surface area contributed by atoms with E-state index in [1.165, 1.54) is 0 Å². The Labute approximate surface area is 128 Å². The molecule has 0 bridgehead atoms. The molecule has 3 aromatic rings. The van der Waals surface area contributed by atoms with Crippen LogP contribution in [0.15, 0.2) is 54.6 Å². The van der Waals surface area contributed by atoms with Gasteiger partial charge in [0.25, 0.3) is 0 Å². The summed E-state index contributed by atoms with van der Waals surface area (Å²) < 4.78 is 0. The number of nitrogens with zero attached hydrogens (tertiary/aromatic N) is 2. The maximum absolute atomic E-state index is 9.80. The molecule has 110 valence electrons. The molecule has 0 aliphatic heterocycles. The van der Waals surface area contributed by atoms with Gasteiger partial charge in [-0.15, -0.1) is 0 Å². The average Bonchev–Trinajstić information content (AvgIpc) is 2.55. The summed E-state index contributed by atoms with van der Waals surface area (Å²) in [7, 11) is 0. The van der Waals surface area contributed by atoms with E-state index in [1.807, 2.05) is 48.5 Å². The van der Waals surface area contributed by atoms with Crippen molar-refractivity contribution < 1.29 is 5.11 Å². The lowest BCUT2D eigenvalue weighted by Gasteiger charge is -2.10. The normalized spacial score (nSPS) is 11.6. The molecule has 5 heteroatoms. The van der Waals surface area contributed by atoms with Gasteiger partial charge in [-0.25, -0.2) is 9.97 Å². The van der Waals surface area contributed by atoms with Crippen molar-refractivity contribution >= 4 is 34.1 Å². The van der Waals surface area contributed by atoms with Gasteiger partial charge in [0.05, 0.1) is 11.0 Å². The van der Waals surface area contributed by atoms with Crippen molar-refractivity contribution in [2.24, 2.45) is 0 Å². The number of allylic oxidation sites excluding steroid dienone is 1. The number of hydrogen-bond acceptors (Lipinski definition) is 5. The number of nitrogens with one attached hydrogen (secondary N) is 1. The Balaban J connectivity index is 1.98. The van der Waals surface area contributed by atoms with E-state index in [-0.39, 0.29) is 5.76 Å². The van der Waals surface area contributed by atoms with Crippen LogP contribution < -0.4 is 11.1 Å². The smallest absolute Gasteiger partial charge is 0.174 e. The predicted octanol–water partition coefficient (Wildman–Crippen LogP) is 3.87. The molecule has 3 rings (SSSR count). The number of aliphatic hydroxyl groups excluding tert-OH is 1. The van der Waals surface area contributed by atoms with Crippen molar-refractivity contribution in [2.75, 3.05) is 11.1 Å². The monoisotopic (exact) mass is 292 g/mol. The second kappa shape index (κ2) is 5.73. The molecule has 0 radical (unpaired) electrons. The topological polar surface area (TPSA) is 84.1 Å². The highest BCUT2D eigenvalue weighted by Gasteiger charge is 2.07. The quantitative estimate of drug-likeness (QED) is 0.638. The van der Waals surface area contributed by atoms with Gasteiger partial charge in [-0.2, -0.15) is 0 Å². The molecular weight excluding hydrogens is 276 g/mol. The minimum absolute atomic E-state index is 0.223. The number of aliphatic hydroxyl groups is 1. The van der Waals surface area contributed by atoms with E-state index in [2.05, 4.69) is 15.3 Å². The zero-order valence-electron chi connectivity index (χ0n) is 12.1. The van der Waals surface area contributed by atoms with Gasteiger partial charge in [0, 0.05) is 11.3 Å². The molecule has 5 nitrogen and oxygen atoms in total. The fourth-order valence-corrected chi connectivity index (χ4v) is 2.17. The lowest BCUT2D eigenvalue weighted by Crippen LogP contribution is -2.02. The van der Waals surface area contributed by atoms with Crippen LogP contribution >= 0.6 is 0 Å². The Bertz CT molecular complexity index is 858. The second-order valence-electron chi connectivity index (χ2n) is 4.83. The minimum atomic E-state index is 0.223. The molecule has 0 spiro atoms. The van der Waals surface area contributed by atoms with E-state index in [1.54, 1.807) is 13.0 Å². The molecule has 1 heterocycles. The van der Waals surface area contributed by atoms with Gasteiger partial charge in [0.15, 0.2) is 11.6 Å². The number of benzene rings is 2. The van der Waals surface area contributed by atoms with Crippen LogP contribution in [0.2, 0.25) is 0 Å². The minimum Gasteiger partial charge on any atom is -0.508 e. The van der Waals surface area contributed by atoms with Crippen LogP contribution in [-0.4, -0.2) is 15.1 Å². The molecule has 0 amide bonds. The zero-order chi connectivity index (χ0) is 15.5. The van der Waals surface area contributed by atoms with Gasteiger partial charge in [-0.1, -0.05) is 24.3 Å². The van der Waals surface area contributed by atoms with Gasteiger partial charge in [-0.05, 0) is 37.3 Å². The first-order chi connectivity index (χ1) is 10.7. The SMILES string of the molecule is C/C=C(/O)c1cccc(Nc2nc3ccccc3nc2N)c1. The summed E-state index contributed by atoms with van der Waals surface area (Å²) in [6, 6.07) is 14.9. The maximum atomic E-state index is 9.80. The van der Waals surface area contributed by atoms with Gasteiger partial charge in [-0.3, -0.25) is 0 Å². The number of anilines is 3. The Morgan fingerprint density at radius 3 is 2.55 bits per heavy atom. The Morgan fingerprint density at radius 1 is 1.09 bits per heavy atom. The number of aromatic nitrogens is 2. The third-order valence-corrected chi connectivity index (χ3v) is 3.29. The highest BCUT2D eigenvalue weighted by atomic mass is 16.3. The number of nitrogen functional groups attached to an aromatic ring is 1. The lowest BCUT2D eigenvalue weighted by atomic mass is 10.1. The predicted molar refractivity (Wildman–Crippen MR) is 90.0 cm³/mol. The van der Waals surface area contributed by atoms with Crippen LogP contribution in [0.4, 0.5) is 17.3 Å². The number of rotatable bonds is 3. The van der Waals surface area contributed by atoms with Crippen LogP contribution in [0.1, 0.15) is 12.5 Å². The van der Waals surface area contributed by atoms with E-state index >= 15 is 0 Å². The average molecular weight is 292 g/mol. The highest BCUT2D eigenvalue weighted by Crippen LogP contribution is 2.24. The van der Waals surface area contributed by atoms with Gasteiger partial charge >= 0.3 is 0 Å². The molecule has 0 unspecified atom stereocenters. The van der Waals surface area contributed by atoms with Gasteiger partial charge in [0.2, 0.25) is 0 Å². The van der Waals surface area contributed by atoms with Crippen molar-refractivity contribution in [3.05, 3.63) is 60.2 Å². The van der Waals surface area contributed by atoms with E-state index in [0.29, 0.717) is 11.6 Å². The molecule has 22 heavy (non-hydrogen) atoms. The molecule has 4 N–H and O–H groups in total. The van der Waals surface area contributed by atoms with E-state index in [4.69, 9.17) is 5.73 Å². The molecular formula is C17H16N4O. The van der Waals surface area contributed by atoms with Crippen LogP contribution in [0.3, 0.4) is 0 Å². The van der Waals surface area contributed by atoms with Crippen molar-refractivity contribution in [1.29, 1.82) is 0 Å². The Kier molecular flexibility index (Phi) is 3.62. The molecule has 0 saturated heterocycles. The van der Waals surface area contributed by atoms with Gasteiger partial charge < -0.3 is 16.2 Å². The highest BCUT2D eigenvalue weighted by molar-refractivity contribution is 5.81. The first-order valence-corrected chi connectivity index (χ1v) is 6.92. The fraction of sp³-hybridized carbons (Fsp3) is 0.0588. The molecule has 0 aliphatic rings. The van der Waals surface area contributed by atoms with E-state index < -0.39 is 0 Å². The van der Waals surface area contributed by atoms with Crippen LogP contribution in [0.25, 0.3) is 16.8 Å². The van der Waals surface area contributed by atoms with Crippen molar-refractivity contribution in [1.82, 2.24) is 9.97 Å². The Hall–Kier alpha value is -3.08.